The van der Waals surface area contributed by atoms with Gasteiger partial charge in [0, 0.05) is 51.6 Å². The third kappa shape index (κ3) is 4.08. The first-order valence-corrected chi connectivity index (χ1v) is 11.8. The van der Waals surface area contributed by atoms with E-state index in [0.717, 1.165) is 12.1 Å². The van der Waals surface area contributed by atoms with Gasteiger partial charge in [-0.2, -0.15) is 23.5 Å². The predicted molar refractivity (Wildman–Crippen MR) is 132 cm³/mol. The summed E-state index contributed by atoms with van der Waals surface area (Å²) in [5.41, 5.74) is 2.13. The quantitative estimate of drug-likeness (QED) is 0.501. The minimum atomic E-state index is -4.59. The van der Waals surface area contributed by atoms with Gasteiger partial charge >= 0.3 is 12.2 Å². The number of hydrogen-bond acceptors (Lipinski definition) is 4. The second kappa shape index (κ2) is 9.06. The molecule has 38 heavy (non-hydrogen) atoms. The zero-order chi connectivity index (χ0) is 27.4. The van der Waals surface area contributed by atoms with Crippen molar-refractivity contribution in [3.05, 3.63) is 82.8 Å². The molecule has 0 saturated carbocycles. The highest BCUT2D eigenvalue weighted by atomic mass is 19.4. The van der Waals surface area contributed by atoms with Gasteiger partial charge < -0.3 is 9.80 Å². The second-order valence-corrected chi connectivity index (χ2v) is 9.33. The number of nitrogens with zero attached hydrogens (tertiary/aromatic N) is 6. The minimum absolute atomic E-state index is 0.0345. The van der Waals surface area contributed by atoms with Gasteiger partial charge in [-0.3, -0.25) is 14.4 Å². The Bertz CT molecular complexity index is 1530. The van der Waals surface area contributed by atoms with Crippen LogP contribution in [0.4, 0.5) is 23.7 Å². The van der Waals surface area contributed by atoms with Gasteiger partial charge in [0.05, 0.1) is 40.7 Å². The number of nitriles is 1. The molecule has 194 valence electrons. The lowest BCUT2D eigenvalue weighted by Crippen LogP contribution is -2.53. The number of rotatable bonds is 3. The molecule has 1 aromatic heterocycles. The third-order valence-electron chi connectivity index (χ3n) is 6.92. The van der Waals surface area contributed by atoms with E-state index >= 15 is 0 Å². The van der Waals surface area contributed by atoms with Crippen LogP contribution in [0.2, 0.25) is 0 Å². The first kappa shape index (κ1) is 25.1. The van der Waals surface area contributed by atoms with Gasteiger partial charge in [-0.15, -0.1) is 0 Å². The molecule has 2 aromatic carbocycles. The Kier molecular flexibility index (Phi) is 5.98. The maximum atomic E-state index is 13.8. The van der Waals surface area contributed by atoms with Crippen LogP contribution < -0.4 is 4.90 Å². The van der Waals surface area contributed by atoms with Crippen LogP contribution in [0, 0.1) is 11.3 Å². The van der Waals surface area contributed by atoms with Crippen molar-refractivity contribution in [1.29, 1.82) is 5.26 Å². The molecule has 0 radical (unpaired) electrons. The number of aromatic nitrogens is 2. The number of halogens is 3. The van der Waals surface area contributed by atoms with E-state index in [-0.39, 0.29) is 18.0 Å². The Morgan fingerprint density at radius 1 is 1.08 bits per heavy atom. The van der Waals surface area contributed by atoms with E-state index in [1.54, 1.807) is 49.4 Å². The van der Waals surface area contributed by atoms with Gasteiger partial charge in [0.1, 0.15) is 0 Å². The minimum Gasteiger partial charge on any atom is -0.341 e. The average Bonchev–Trinajstić information content (AvgIpc) is 3.33. The first-order valence-electron chi connectivity index (χ1n) is 11.8. The zero-order valence-corrected chi connectivity index (χ0v) is 20.8. The van der Waals surface area contributed by atoms with Gasteiger partial charge in [0.15, 0.2) is 0 Å². The number of urea groups is 1. The van der Waals surface area contributed by atoms with Crippen LogP contribution in [0.15, 0.2) is 66.1 Å². The Morgan fingerprint density at radius 2 is 1.84 bits per heavy atom. The zero-order valence-electron chi connectivity index (χ0n) is 20.8. The Labute approximate surface area is 216 Å². The fourth-order valence-electron chi connectivity index (χ4n) is 5.05. The number of carbonyl (C=O) groups is 2. The summed E-state index contributed by atoms with van der Waals surface area (Å²) < 4.78 is 42.1. The lowest BCUT2D eigenvalue weighted by atomic mass is 9.85. The molecule has 0 bridgehead atoms. The number of hydrogen-bond donors (Lipinski definition) is 0. The fraction of sp³-hybridized carbons (Fsp3) is 0.259. The van der Waals surface area contributed by atoms with Gasteiger partial charge in [-0.05, 0) is 41.5 Å². The number of carbonyl (C=O) groups excluding carboxylic acids is 2. The van der Waals surface area contributed by atoms with E-state index in [9.17, 15) is 28.0 Å². The molecule has 0 saturated heterocycles. The van der Waals surface area contributed by atoms with E-state index < -0.39 is 23.8 Å². The average molecular weight is 521 g/mol. The van der Waals surface area contributed by atoms with Crippen LogP contribution >= 0.6 is 0 Å². The van der Waals surface area contributed by atoms with Crippen molar-refractivity contribution in [2.75, 3.05) is 25.5 Å². The molecule has 0 N–H and O–H groups in total. The lowest BCUT2D eigenvalue weighted by Gasteiger charge is -2.45. The maximum Gasteiger partial charge on any atom is 0.416 e. The summed E-state index contributed by atoms with van der Waals surface area (Å²) in [6.45, 7) is 0.305. The molecule has 0 spiro atoms. The smallest absolute Gasteiger partial charge is 0.341 e. The molecule has 3 aromatic rings. The molecule has 8 nitrogen and oxygen atoms in total. The molecule has 2 aliphatic heterocycles. The second-order valence-electron chi connectivity index (χ2n) is 9.33. The Morgan fingerprint density at radius 3 is 2.50 bits per heavy atom. The van der Waals surface area contributed by atoms with Crippen molar-refractivity contribution in [3.63, 3.8) is 0 Å². The topological polar surface area (TPSA) is 85.5 Å². The Hall–Kier alpha value is -4.59. The molecule has 2 aliphatic rings. The molecule has 3 amide bonds. The van der Waals surface area contributed by atoms with Crippen molar-refractivity contribution >= 4 is 17.6 Å². The molecular formula is C27H23F3N6O2. The molecule has 1 unspecified atom stereocenters. The van der Waals surface area contributed by atoms with Crippen molar-refractivity contribution < 1.29 is 22.8 Å². The summed E-state index contributed by atoms with van der Waals surface area (Å²) in [7, 11) is 4.92. The van der Waals surface area contributed by atoms with Crippen LogP contribution in [-0.4, -0.2) is 52.2 Å². The summed E-state index contributed by atoms with van der Waals surface area (Å²) in [5, 5.41) is 13.7. The van der Waals surface area contributed by atoms with Crippen molar-refractivity contribution in [3.8, 4) is 17.2 Å². The van der Waals surface area contributed by atoms with Crippen LogP contribution in [-0.2, 0) is 18.0 Å². The van der Waals surface area contributed by atoms with Crippen molar-refractivity contribution in [2.24, 2.45) is 7.05 Å². The van der Waals surface area contributed by atoms with Crippen LogP contribution in [0.3, 0.4) is 0 Å². The number of aryl methyl sites for hydroxylation is 1. The summed E-state index contributed by atoms with van der Waals surface area (Å²) >= 11 is 0. The molecule has 11 heteroatoms. The number of alkyl halides is 3. The van der Waals surface area contributed by atoms with Crippen LogP contribution in [0.1, 0.15) is 29.2 Å². The molecule has 1 atom stereocenters. The van der Waals surface area contributed by atoms with Gasteiger partial charge in [-0.25, -0.2) is 4.79 Å². The highest BCUT2D eigenvalue weighted by molar-refractivity contribution is 6.06. The number of benzene rings is 2. The van der Waals surface area contributed by atoms with Crippen LogP contribution in [0.5, 0.6) is 0 Å². The van der Waals surface area contributed by atoms with Crippen molar-refractivity contribution in [2.45, 2.75) is 18.6 Å². The molecule has 0 aliphatic carbocycles. The molecule has 3 heterocycles. The van der Waals surface area contributed by atoms with Gasteiger partial charge in [0.25, 0.3) is 5.91 Å². The number of anilines is 1. The first-order chi connectivity index (χ1) is 18.0. The highest BCUT2D eigenvalue weighted by Crippen LogP contribution is 2.45. The van der Waals surface area contributed by atoms with E-state index in [2.05, 4.69) is 11.2 Å². The predicted octanol–water partition coefficient (Wildman–Crippen LogP) is 4.71. The van der Waals surface area contributed by atoms with E-state index in [1.165, 1.54) is 33.9 Å². The van der Waals surface area contributed by atoms with Crippen molar-refractivity contribution in [1.82, 2.24) is 19.6 Å². The molecule has 5 rings (SSSR count). The molecular weight excluding hydrogens is 497 g/mol. The normalized spacial score (nSPS) is 18.1. The van der Waals surface area contributed by atoms with Gasteiger partial charge in [-0.1, -0.05) is 12.1 Å². The Balaban J connectivity index is 1.75. The number of likely N-dealkylation sites (N-methyl/N-ethyl adjacent to an activating group) is 2. The third-order valence-corrected chi connectivity index (χ3v) is 6.92. The SMILES string of the molecule is CN1CCC2=C(C1=O)C(c1ccc(C#N)cc1-c1cnn(C)c1)N(C)C(=O)N2c1cccc(C(F)(F)F)c1. The number of amides is 3. The van der Waals surface area contributed by atoms with Gasteiger partial charge in [0.2, 0.25) is 0 Å². The maximum absolute atomic E-state index is 13.8. The highest BCUT2D eigenvalue weighted by Gasteiger charge is 2.45. The van der Waals surface area contributed by atoms with E-state index in [0.29, 0.717) is 40.1 Å². The fourth-order valence-corrected chi connectivity index (χ4v) is 5.05. The summed E-state index contributed by atoms with van der Waals surface area (Å²) in [6, 6.07) is 10.3. The summed E-state index contributed by atoms with van der Waals surface area (Å²) in [6.07, 6.45) is -0.917. The van der Waals surface area contributed by atoms with Crippen LogP contribution in [0.25, 0.3) is 11.1 Å². The standard InChI is InChI=1S/C27H23F3N6O2/c1-33-10-9-22-23(25(33)37)24(20-8-7-16(13-31)11-21(20)17-14-32-34(2)15-17)35(3)26(38)36(22)19-6-4-5-18(12-19)27(28,29)30/h4-8,11-12,14-15,24H,9-10H2,1-3H3. The summed E-state index contributed by atoms with van der Waals surface area (Å²) in [5.74, 6) is -0.325. The lowest BCUT2D eigenvalue weighted by molar-refractivity contribution is -0.137. The van der Waals surface area contributed by atoms with E-state index in [4.69, 9.17) is 0 Å². The summed E-state index contributed by atoms with van der Waals surface area (Å²) in [4.78, 5) is 31.6. The monoisotopic (exact) mass is 520 g/mol. The molecule has 0 fully saturated rings. The largest absolute Gasteiger partial charge is 0.416 e. The van der Waals surface area contributed by atoms with E-state index in [1.807, 2.05) is 0 Å².